The second-order valence-corrected chi connectivity index (χ2v) is 25.0. The van der Waals surface area contributed by atoms with E-state index >= 15 is 0 Å². The molecule has 4 fully saturated rings. The molecule has 3 heterocycles. The number of rotatable bonds is 18. The van der Waals surface area contributed by atoms with E-state index in [1.807, 2.05) is 42.5 Å². The molecule has 11 rings (SSSR count). The van der Waals surface area contributed by atoms with Gasteiger partial charge in [0.1, 0.15) is 36.4 Å². The van der Waals surface area contributed by atoms with Crippen LogP contribution in [0.3, 0.4) is 0 Å². The van der Waals surface area contributed by atoms with E-state index in [1.54, 1.807) is 24.5 Å². The summed E-state index contributed by atoms with van der Waals surface area (Å²) in [6, 6.07) is 23.5. The molecule has 2 aliphatic heterocycles. The van der Waals surface area contributed by atoms with Crippen molar-refractivity contribution in [3.8, 4) is 23.0 Å². The fourth-order valence-electron chi connectivity index (χ4n) is 12.7. The number of ether oxygens (including phenoxy) is 4. The van der Waals surface area contributed by atoms with Gasteiger partial charge in [-0.2, -0.15) is 13.7 Å². The van der Waals surface area contributed by atoms with Gasteiger partial charge in [-0.15, -0.1) is 0 Å². The van der Waals surface area contributed by atoms with Gasteiger partial charge in [0.25, 0.3) is 24.4 Å². The summed E-state index contributed by atoms with van der Waals surface area (Å²) in [5.41, 5.74) is 9.50. The molecule has 4 aliphatic carbocycles. The first-order valence-electron chi connectivity index (χ1n) is 31.1. The number of thiazole rings is 1. The number of benzene rings is 4. The number of methoxy groups -OCH3 is 1. The van der Waals surface area contributed by atoms with Gasteiger partial charge in [0.2, 0.25) is 16.9 Å². The molecule has 0 saturated heterocycles. The summed E-state index contributed by atoms with van der Waals surface area (Å²) in [7, 11) is 5.91. The summed E-state index contributed by atoms with van der Waals surface area (Å²) in [6.45, 7) is 17.4. The van der Waals surface area contributed by atoms with Crippen molar-refractivity contribution in [2.24, 2.45) is 11.8 Å². The van der Waals surface area contributed by atoms with Crippen LogP contribution >= 0.6 is 11.3 Å². The topological polar surface area (TPSA) is 122 Å². The normalized spacial score (nSPS) is 16.7. The Labute approximate surface area is 610 Å². The van der Waals surface area contributed by atoms with Crippen LogP contribution in [0.2, 0.25) is 0 Å². The van der Waals surface area contributed by atoms with Crippen molar-refractivity contribution in [3.63, 3.8) is 0 Å². The van der Waals surface area contributed by atoms with Crippen LogP contribution in [-0.2, 0) is 73.0 Å². The largest absolute Gasteiger partial charge is 1.00 e. The number of allylic oxidation sites excluding steroid dienone is 4. The minimum Gasteiger partial charge on any atom is -1.00 e. The number of carbonyl (C=O) groups is 3. The third-order valence-corrected chi connectivity index (χ3v) is 18.7. The van der Waals surface area contributed by atoms with E-state index in [-0.39, 0.29) is 125 Å². The van der Waals surface area contributed by atoms with Gasteiger partial charge in [0.05, 0.1) is 16.4 Å². The second kappa shape index (κ2) is 41.4. The number of carbonyl (C=O) groups excluding carboxylic acids is 3. The summed E-state index contributed by atoms with van der Waals surface area (Å²) >= 11 is 1.72. The number of hydrogen-bond donors (Lipinski definition) is 1. The minimum absolute atomic E-state index is 0. The zero-order valence-electron chi connectivity index (χ0n) is 53.7. The van der Waals surface area contributed by atoms with Crippen LogP contribution in [-0.4, -0.2) is 86.0 Å². The molecule has 490 valence electrons. The Kier molecular flexibility index (Phi) is 38.0. The van der Waals surface area contributed by atoms with Gasteiger partial charge in [0.15, 0.2) is 29.5 Å². The van der Waals surface area contributed by atoms with Crippen LogP contribution in [0.5, 0.6) is 23.0 Å². The van der Waals surface area contributed by atoms with E-state index in [0.29, 0.717) is 43.4 Å². The van der Waals surface area contributed by atoms with E-state index in [2.05, 4.69) is 135 Å². The van der Waals surface area contributed by atoms with Crippen LogP contribution in [0.25, 0.3) is 22.4 Å². The summed E-state index contributed by atoms with van der Waals surface area (Å²) in [4.78, 5) is 34.3. The van der Waals surface area contributed by atoms with E-state index in [0.717, 1.165) is 58.3 Å². The molecule has 1 aromatic heterocycles. The zero-order chi connectivity index (χ0) is 60.1. The van der Waals surface area contributed by atoms with E-state index in [9.17, 15) is 19.5 Å². The van der Waals surface area contributed by atoms with E-state index < -0.39 is 5.41 Å². The SMILES string of the molecule is C1CCCC1.C1CCCC1.CCN(C)c1ccc(/C=C/C2=[N+](CC)c3ccc(O)c(OC=O)c3C2(C)C)cc1.COCC[n+]1c(/C=C/C2CCCC2)sc2cc(OC=O)ccc21.C[N+]1=C(/C=C/C2CCCC2)C(C)(C)c2cc(OC=O)ccc21.[Fe].[I-].[I-].[I-].[Ru]. The van der Waals surface area contributed by atoms with E-state index in [1.165, 1.54) is 143 Å². The van der Waals surface area contributed by atoms with Gasteiger partial charge in [0, 0.05) is 111 Å². The molecule has 0 spiro atoms. The Morgan fingerprint density at radius 1 is 0.629 bits per heavy atom. The number of phenolic OH excluding ortho intramolecular Hbond substituents is 1. The van der Waals surface area contributed by atoms with Gasteiger partial charge in [-0.25, -0.2) is 0 Å². The molecule has 6 aliphatic rings. The summed E-state index contributed by atoms with van der Waals surface area (Å²) < 4.78 is 28.2. The number of halogens is 3. The molecule has 18 heteroatoms. The second-order valence-electron chi connectivity index (χ2n) is 23.9. The Hall–Kier alpha value is -3.37. The number of phenols is 1. The van der Waals surface area contributed by atoms with Gasteiger partial charge < -0.3 is 101 Å². The molecule has 1 N–H and O–H groups in total. The Bertz CT molecular complexity index is 3140. The molecular weight excluding hydrogens is 1610 g/mol. The number of nitrogens with zero attached hydrogens (tertiary/aromatic N) is 4. The van der Waals surface area contributed by atoms with Gasteiger partial charge in [-0.3, -0.25) is 14.4 Å². The first-order chi connectivity index (χ1) is 40.7. The van der Waals surface area contributed by atoms with Crippen molar-refractivity contribution in [2.75, 3.05) is 45.8 Å². The quantitative estimate of drug-likeness (QED) is 0.0431. The van der Waals surface area contributed by atoms with Gasteiger partial charge in [-0.1, -0.05) is 126 Å². The number of aromatic hydroxyl groups is 1. The average molecular weight is 1700 g/mol. The monoisotopic (exact) mass is 1700 g/mol. The van der Waals surface area contributed by atoms with Crippen LogP contribution in [0.15, 0.2) is 97.1 Å². The third kappa shape index (κ3) is 22.1. The maximum atomic E-state index is 11.0. The van der Waals surface area contributed by atoms with Crippen molar-refractivity contribution in [1.82, 2.24) is 0 Å². The van der Waals surface area contributed by atoms with Crippen molar-refractivity contribution in [1.29, 1.82) is 0 Å². The predicted molar refractivity (Wildman–Crippen MR) is 344 cm³/mol. The molecule has 0 unspecified atom stereocenters. The summed E-state index contributed by atoms with van der Waals surface area (Å²) in [5, 5.41) is 11.5. The number of fused-ring (bicyclic) bond motifs is 3. The van der Waals surface area contributed by atoms with E-state index in [4.69, 9.17) is 18.9 Å². The van der Waals surface area contributed by atoms with Crippen molar-refractivity contribution in [2.45, 2.75) is 174 Å². The molecule has 0 radical (unpaired) electrons. The predicted octanol–water partition coefficient (Wildman–Crippen LogP) is 6.95. The maximum absolute atomic E-state index is 11.0. The summed E-state index contributed by atoms with van der Waals surface area (Å²) in [6.07, 6.45) is 39.1. The number of aromatic nitrogens is 1. The first kappa shape index (κ1) is 81.7. The zero-order valence-corrected chi connectivity index (χ0v) is 63.8. The number of anilines is 1. The smallest absolute Gasteiger partial charge is 0.298 e. The average Bonchev–Trinajstić information content (AvgIpc) is 1.70. The Morgan fingerprint density at radius 3 is 1.66 bits per heavy atom. The van der Waals surface area contributed by atoms with Gasteiger partial charge in [-0.05, 0) is 127 Å². The first-order valence-corrected chi connectivity index (χ1v) is 31.9. The Morgan fingerprint density at radius 2 is 1.15 bits per heavy atom. The molecule has 89 heavy (non-hydrogen) atoms. The minimum atomic E-state index is -0.429. The molecule has 12 nitrogen and oxygen atoms in total. The molecule has 4 aromatic carbocycles. The molecule has 0 amide bonds. The molecule has 4 saturated carbocycles. The Balaban J connectivity index is 0.000000412. The molecule has 0 atom stereocenters. The number of hydrogen-bond acceptors (Lipinski definition) is 10. The van der Waals surface area contributed by atoms with Crippen LogP contribution < -0.4 is 95.6 Å². The van der Waals surface area contributed by atoms with Gasteiger partial charge >= 0.3 is 0 Å². The summed E-state index contributed by atoms with van der Waals surface area (Å²) in [5.74, 6) is 2.84. The van der Waals surface area contributed by atoms with Crippen molar-refractivity contribution < 1.29 is 161 Å². The fourth-order valence-corrected chi connectivity index (χ4v) is 13.8. The van der Waals surface area contributed by atoms with Crippen molar-refractivity contribution >= 4 is 81.6 Å². The standard InChI is InChI=1S/C24H28N2O3.C19H24NO2.C18H22NO3S.2C5H10.Fe.3HI.Ru/c1-6-25(5)18-11-8-17(9-12-18)10-15-21-24(3,4)22-19(26(21)7-2)13-14-20(28)23(22)29-16-27;1-19(2)16-12-15(22-13-21)9-10-17(16)20(3)18(19)11-8-14-6-4-5-7-14;1-21-11-10-19-16-8-7-15(22-13-20)12-17(16)23-18(19)9-6-14-4-2-3-5-14;2*1-2-4-5-3-1;;;;;/h8-16H,6-7H2,1-5H3;8-14H,4-7H2,1-3H3;6-9,12-14H,2-5,10-11H2,1H3;2*1-5H2;;3*1H;/q;2*+1;;;;;;;/p-2/b;11-8+;9-6+;;;;;;;. The third-order valence-electron chi connectivity index (χ3n) is 17.6. The maximum Gasteiger partial charge on any atom is 0.298 e. The van der Waals surface area contributed by atoms with Crippen molar-refractivity contribution in [3.05, 3.63) is 119 Å². The molecule has 0 bridgehead atoms. The fraction of sp³-hybridized carbons (Fsp3) is 0.493. The molecular formula is C71H95FeI3N4O8RuS. The van der Waals surface area contributed by atoms with Crippen LogP contribution in [0, 0.1) is 11.8 Å². The molecule has 5 aromatic rings. The van der Waals surface area contributed by atoms with Crippen LogP contribution in [0.4, 0.5) is 17.1 Å². The van der Waals surface area contributed by atoms with Crippen LogP contribution in [0.1, 0.15) is 179 Å².